The molecule has 1 N–H and O–H groups in total. The molecule has 5 nitrogen and oxygen atoms in total. The molecule has 2 aliphatic heterocycles. The molecule has 0 spiro atoms. The molecule has 9 heteroatoms. The van der Waals surface area contributed by atoms with Crippen molar-refractivity contribution < 1.29 is 27.1 Å². The molecule has 0 bridgehead atoms. The lowest BCUT2D eigenvalue weighted by atomic mass is 10.0. The zero-order chi connectivity index (χ0) is 23.4. The standard InChI is InChI=1S/C24H27F4N3O2/c25-22-15-19(24(26,27)28)4-1-18(22)16-29-20-7-9-30(10-8-20)21-5-2-17(3-6-21)23(32)31-11-13-33-14-12-31/h1-6,15,20,29H,7-14,16H2. The molecule has 0 aromatic heterocycles. The molecule has 0 aliphatic carbocycles. The number of hydrogen-bond donors (Lipinski definition) is 1. The lowest BCUT2D eigenvalue weighted by molar-refractivity contribution is -0.137. The second-order valence-corrected chi connectivity index (χ2v) is 8.40. The van der Waals surface area contributed by atoms with Gasteiger partial charge in [-0.25, -0.2) is 4.39 Å². The first kappa shape index (κ1) is 23.5. The van der Waals surface area contributed by atoms with Gasteiger partial charge in [0.25, 0.3) is 5.91 Å². The predicted octanol–water partition coefficient (Wildman–Crippen LogP) is 4.08. The normalized spacial score (nSPS) is 17.9. The maximum absolute atomic E-state index is 14.0. The Balaban J connectivity index is 1.26. The fourth-order valence-corrected chi connectivity index (χ4v) is 4.23. The smallest absolute Gasteiger partial charge is 0.378 e. The van der Waals surface area contributed by atoms with Gasteiger partial charge in [-0.1, -0.05) is 6.07 Å². The number of benzene rings is 2. The minimum absolute atomic E-state index is 0.0169. The molecular weight excluding hydrogens is 438 g/mol. The van der Waals surface area contributed by atoms with E-state index in [2.05, 4.69) is 10.2 Å². The SMILES string of the molecule is O=C(c1ccc(N2CCC(NCc3ccc(C(F)(F)F)cc3F)CC2)cc1)N1CCOCC1. The third-order valence-electron chi connectivity index (χ3n) is 6.23. The number of ether oxygens (including phenoxy) is 1. The molecule has 0 atom stereocenters. The van der Waals surface area contributed by atoms with Crippen LogP contribution in [0.25, 0.3) is 0 Å². The third kappa shape index (κ3) is 5.83. The monoisotopic (exact) mass is 465 g/mol. The Hall–Kier alpha value is -2.65. The van der Waals surface area contributed by atoms with E-state index in [0.29, 0.717) is 37.9 Å². The van der Waals surface area contributed by atoms with Crippen LogP contribution >= 0.6 is 0 Å². The van der Waals surface area contributed by atoms with Gasteiger partial charge < -0.3 is 19.9 Å². The number of anilines is 1. The van der Waals surface area contributed by atoms with Crippen molar-refractivity contribution in [2.75, 3.05) is 44.3 Å². The molecule has 178 valence electrons. The molecule has 2 fully saturated rings. The Labute approximate surface area is 190 Å². The van der Waals surface area contributed by atoms with E-state index in [1.165, 1.54) is 6.07 Å². The van der Waals surface area contributed by atoms with E-state index in [1.54, 1.807) is 4.90 Å². The Kier molecular flexibility index (Phi) is 7.19. The number of hydrogen-bond acceptors (Lipinski definition) is 4. The zero-order valence-electron chi connectivity index (χ0n) is 18.2. The molecule has 33 heavy (non-hydrogen) atoms. The van der Waals surface area contributed by atoms with Gasteiger partial charge in [-0.05, 0) is 49.2 Å². The number of amides is 1. The van der Waals surface area contributed by atoms with E-state index in [-0.39, 0.29) is 24.1 Å². The average Bonchev–Trinajstić information content (AvgIpc) is 2.83. The minimum Gasteiger partial charge on any atom is -0.378 e. The van der Waals surface area contributed by atoms with Crippen LogP contribution in [0.5, 0.6) is 0 Å². The maximum Gasteiger partial charge on any atom is 0.416 e. The van der Waals surface area contributed by atoms with Gasteiger partial charge in [0.05, 0.1) is 18.8 Å². The quantitative estimate of drug-likeness (QED) is 0.677. The van der Waals surface area contributed by atoms with Crippen LogP contribution < -0.4 is 10.2 Å². The van der Waals surface area contributed by atoms with Crippen molar-refractivity contribution in [3.8, 4) is 0 Å². The highest BCUT2D eigenvalue weighted by molar-refractivity contribution is 5.94. The summed E-state index contributed by atoms with van der Waals surface area (Å²) in [5.74, 6) is -0.829. The number of alkyl halides is 3. The zero-order valence-corrected chi connectivity index (χ0v) is 18.2. The third-order valence-corrected chi connectivity index (χ3v) is 6.23. The first-order chi connectivity index (χ1) is 15.8. The first-order valence-corrected chi connectivity index (χ1v) is 11.1. The van der Waals surface area contributed by atoms with Crippen LogP contribution in [0.2, 0.25) is 0 Å². The highest BCUT2D eigenvalue weighted by Crippen LogP contribution is 2.30. The molecule has 0 unspecified atom stereocenters. The molecule has 2 saturated heterocycles. The van der Waals surface area contributed by atoms with Crippen molar-refractivity contribution in [2.24, 2.45) is 0 Å². The van der Waals surface area contributed by atoms with Crippen molar-refractivity contribution in [2.45, 2.75) is 31.6 Å². The number of carbonyl (C=O) groups is 1. The molecule has 2 heterocycles. The van der Waals surface area contributed by atoms with Crippen molar-refractivity contribution in [3.05, 3.63) is 65.0 Å². The molecule has 2 aromatic carbocycles. The van der Waals surface area contributed by atoms with Gasteiger partial charge in [-0.3, -0.25) is 4.79 Å². The van der Waals surface area contributed by atoms with E-state index in [0.717, 1.165) is 37.7 Å². The Morgan fingerprint density at radius 1 is 1.00 bits per heavy atom. The van der Waals surface area contributed by atoms with Crippen LogP contribution in [0, 0.1) is 5.82 Å². The van der Waals surface area contributed by atoms with Gasteiger partial charge >= 0.3 is 6.18 Å². The molecule has 2 aromatic rings. The average molecular weight is 465 g/mol. The lowest BCUT2D eigenvalue weighted by Crippen LogP contribution is -2.42. The Morgan fingerprint density at radius 2 is 1.67 bits per heavy atom. The van der Waals surface area contributed by atoms with E-state index < -0.39 is 17.6 Å². The summed E-state index contributed by atoms with van der Waals surface area (Å²) < 4.78 is 57.4. The highest BCUT2D eigenvalue weighted by Gasteiger charge is 2.31. The summed E-state index contributed by atoms with van der Waals surface area (Å²) in [5.41, 5.74) is 0.956. The number of nitrogens with one attached hydrogen (secondary N) is 1. The van der Waals surface area contributed by atoms with Crippen molar-refractivity contribution in [1.29, 1.82) is 0 Å². The Bertz CT molecular complexity index is 951. The summed E-state index contributed by atoms with van der Waals surface area (Å²) in [6.45, 7) is 4.13. The molecule has 1 amide bonds. The number of piperidine rings is 1. The summed E-state index contributed by atoms with van der Waals surface area (Å²) in [4.78, 5) is 16.6. The molecular formula is C24H27F4N3O2. The van der Waals surface area contributed by atoms with Crippen LogP contribution in [0.1, 0.15) is 34.3 Å². The van der Waals surface area contributed by atoms with Crippen LogP contribution in [0.3, 0.4) is 0 Å². The summed E-state index contributed by atoms with van der Waals surface area (Å²) in [7, 11) is 0. The highest BCUT2D eigenvalue weighted by atomic mass is 19.4. The predicted molar refractivity (Wildman–Crippen MR) is 117 cm³/mol. The minimum atomic E-state index is -4.55. The topological polar surface area (TPSA) is 44.8 Å². The van der Waals surface area contributed by atoms with Crippen LogP contribution in [-0.4, -0.2) is 56.2 Å². The summed E-state index contributed by atoms with van der Waals surface area (Å²) in [6, 6.07) is 10.4. The fourth-order valence-electron chi connectivity index (χ4n) is 4.23. The number of rotatable bonds is 5. The van der Waals surface area contributed by atoms with Crippen LogP contribution in [0.4, 0.5) is 23.2 Å². The maximum atomic E-state index is 14.0. The van der Waals surface area contributed by atoms with Crippen LogP contribution in [0.15, 0.2) is 42.5 Å². The molecule has 0 saturated carbocycles. The van der Waals surface area contributed by atoms with E-state index in [9.17, 15) is 22.4 Å². The van der Waals surface area contributed by atoms with Crippen LogP contribution in [-0.2, 0) is 17.5 Å². The number of halogens is 4. The lowest BCUT2D eigenvalue weighted by Gasteiger charge is -2.34. The first-order valence-electron chi connectivity index (χ1n) is 11.1. The number of carbonyl (C=O) groups excluding carboxylic acids is 1. The molecule has 0 radical (unpaired) electrons. The van der Waals surface area contributed by atoms with Gasteiger partial charge in [0.15, 0.2) is 0 Å². The van der Waals surface area contributed by atoms with E-state index in [4.69, 9.17) is 4.74 Å². The van der Waals surface area contributed by atoms with Gasteiger partial charge in [0, 0.05) is 55.6 Å². The van der Waals surface area contributed by atoms with Crippen molar-refractivity contribution >= 4 is 11.6 Å². The van der Waals surface area contributed by atoms with E-state index in [1.807, 2.05) is 24.3 Å². The Morgan fingerprint density at radius 3 is 2.27 bits per heavy atom. The van der Waals surface area contributed by atoms with E-state index >= 15 is 0 Å². The van der Waals surface area contributed by atoms with Gasteiger partial charge in [0.2, 0.25) is 0 Å². The summed E-state index contributed by atoms with van der Waals surface area (Å²) in [5, 5.41) is 3.26. The number of nitrogens with zero attached hydrogens (tertiary/aromatic N) is 2. The molecule has 4 rings (SSSR count). The largest absolute Gasteiger partial charge is 0.416 e. The van der Waals surface area contributed by atoms with Crippen molar-refractivity contribution in [3.63, 3.8) is 0 Å². The fraction of sp³-hybridized carbons (Fsp3) is 0.458. The summed E-state index contributed by atoms with van der Waals surface area (Å²) in [6.07, 6.45) is -2.89. The second-order valence-electron chi connectivity index (χ2n) is 8.40. The second kappa shape index (κ2) is 10.1. The van der Waals surface area contributed by atoms with Crippen molar-refractivity contribution in [1.82, 2.24) is 10.2 Å². The van der Waals surface area contributed by atoms with Gasteiger partial charge in [-0.2, -0.15) is 13.2 Å². The molecule has 2 aliphatic rings. The van der Waals surface area contributed by atoms with Gasteiger partial charge in [0.1, 0.15) is 5.82 Å². The van der Waals surface area contributed by atoms with Gasteiger partial charge in [-0.15, -0.1) is 0 Å². The summed E-state index contributed by atoms with van der Waals surface area (Å²) >= 11 is 0. The number of morpholine rings is 1.